The summed E-state index contributed by atoms with van der Waals surface area (Å²) in [5.74, 6) is -0.0968. The minimum atomic E-state index is -3.37. The number of sulfonamides is 1. The van der Waals surface area contributed by atoms with Crippen molar-refractivity contribution in [2.24, 2.45) is 0 Å². The molecule has 6 nitrogen and oxygen atoms in total. The van der Waals surface area contributed by atoms with E-state index in [0.717, 1.165) is 5.69 Å². The van der Waals surface area contributed by atoms with Crippen LogP contribution in [0.3, 0.4) is 0 Å². The van der Waals surface area contributed by atoms with Gasteiger partial charge in [0.2, 0.25) is 15.9 Å². The quantitative estimate of drug-likeness (QED) is 0.713. The highest BCUT2D eigenvalue weighted by molar-refractivity contribution is 7.89. The Kier molecular flexibility index (Phi) is 7.16. The lowest BCUT2D eigenvalue weighted by atomic mass is 10.2. The third kappa shape index (κ3) is 5.51. The van der Waals surface area contributed by atoms with Crippen LogP contribution in [0.25, 0.3) is 0 Å². The predicted octanol–water partition coefficient (Wildman–Crippen LogP) is 1.54. The lowest BCUT2D eigenvalue weighted by Gasteiger charge is -2.35. The number of rotatable bonds is 7. The molecule has 134 valence electrons. The molecule has 9 heteroatoms. The number of nitrogens with one attached hydrogen (secondary N) is 1. The molecule has 0 unspecified atom stereocenters. The molecule has 1 saturated heterocycles. The molecule has 0 radical (unpaired) electrons. The first-order valence-corrected chi connectivity index (χ1v) is 10.3. The summed E-state index contributed by atoms with van der Waals surface area (Å²) in [5, 5.41) is 3.24. The van der Waals surface area contributed by atoms with E-state index in [1.165, 1.54) is 4.31 Å². The van der Waals surface area contributed by atoms with Crippen molar-refractivity contribution in [3.8, 4) is 0 Å². The number of hydrogen-bond acceptors (Lipinski definition) is 4. The van der Waals surface area contributed by atoms with Crippen molar-refractivity contribution >= 4 is 44.8 Å². The minimum absolute atomic E-state index is 0.0953. The summed E-state index contributed by atoms with van der Waals surface area (Å²) in [4.78, 5) is 13.4. The Balaban J connectivity index is 1.82. The van der Waals surface area contributed by atoms with E-state index < -0.39 is 10.0 Å². The number of nitrogens with zero attached hydrogens (tertiary/aromatic N) is 2. The van der Waals surface area contributed by atoms with E-state index in [2.05, 4.69) is 10.2 Å². The van der Waals surface area contributed by atoms with Gasteiger partial charge in [-0.3, -0.25) is 4.79 Å². The van der Waals surface area contributed by atoms with Crippen LogP contribution in [-0.4, -0.2) is 63.0 Å². The first-order valence-electron chi connectivity index (χ1n) is 7.73. The Morgan fingerprint density at radius 1 is 1.12 bits per heavy atom. The van der Waals surface area contributed by atoms with Gasteiger partial charge in [-0.05, 0) is 24.3 Å². The van der Waals surface area contributed by atoms with Crippen LogP contribution in [0, 0.1) is 0 Å². The van der Waals surface area contributed by atoms with Crippen LogP contribution in [0.2, 0.25) is 5.02 Å². The van der Waals surface area contributed by atoms with E-state index in [1.54, 1.807) is 0 Å². The summed E-state index contributed by atoms with van der Waals surface area (Å²) in [6.45, 7) is 2.22. The maximum Gasteiger partial charge on any atom is 0.221 e. The van der Waals surface area contributed by atoms with Crippen LogP contribution in [0.15, 0.2) is 24.3 Å². The fraction of sp³-hybridized carbons (Fsp3) is 0.533. The SMILES string of the molecule is O=C(CCCl)NCCS(=O)(=O)N1CCN(c2ccc(Cl)cc2)CC1. The molecule has 0 aliphatic carbocycles. The normalized spacial score (nSPS) is 16.2. The van der Waals surface area contributed by atoms with Gasteiger partial charge in [0.05, 0.1) is 5.75 Å². The van der Waals surface area contributed by atoms with Gasteiger partial charge in [0.25, 0.3) is 0 Å². The molecule has 1 aromatic carbocycles. The third-order valence-electron chi connectivity index (χ3n) is 3.83. The molecule has 2 rings (SSSR count). The van der Waals surface area contributed by atoms with Gasteiger partial charge in [0.1, 0.15) is 0 Å². The molecule has 0 aromatic heterocycles. The second-order valence-electron chi connectivity index (χ2n) is 5.47. The number of anilines is 1. The zero-order chi connectivity index (χ0) is 17.6. The average molecular weight is 394 g/mol. The second kappa shape index (κ2) is 8.89. The van der Waals surface area contributed by atoms with Crippen molar-refractivity contribution in [2.45, 2.75) is 6.42 Å². The maximum absolute atomic E-state index is 12.3. The number of benzene rings is 1. The zero-order valence-corrected chi connectivity index (χ0v) is 15.6. The average Bonchev–Trinajstić information content (AvgIpc) is 2.56. The standard InChI is InChI=1S/C15H21Cl2N3O3S/c16-6-5-15(21)18-7-12-24(22,23)20-10-8-19(9-11-20)14-3-1-13(17)2-4-14/h1-4H,5-12H2,(H,18,21). The third-order valence-corrected chi connectivity index (χ3v) is 6.14. The molecule has 1 aromatic rings. The maximum atomic E-state index is 12.3. The Hall–Kier alpha value is -1.02. The number of carbonyl (C=O) groups is 1. The van der Waals surface area contributed by atoms with E-state index in [1.807, 2.05) is 24.3 Å². The Morgan fingerprint density at radius 2 is 1.75 bits per heavy atom. The lowest BCUT2D eigenvalue weighted by Crippen LogP contribution is -2.50. The molecule has 0 saturated carbocycles. The Labute approximate surface area is 152 Å². The summed E-state index contributed by atoms with van der Waals surface area (Å²) < 4.78 is 26.1. The van der Waals surface area contributed by atoms with Crippen LogP contribution >= 0.6 is 23.2 Å². The summed E-state index contributed by atoms with van der Waals surface area (Å²) in [6.07, 6.45) is 0.196. The Bertz CT molecular complexity index is 644. The van der Waals surface area contributed by atoms with Gasteiger partial charge in [-0.1, -0.05) is 11.6 Å². The molecule has 1 fully saturated rings. The van der Waals surface area contributed by atoms with E-state index in [0.29, 0.717) is 31.2 Å². The van der Waals surface area contributed by atoms with Crippen LogP contribution in [0.4, 0.5) is 5.69 Å². The predicted molar refractivity (Wildman–Crippen MR) is 97.4 cm³/mol. The number of halogens is 2. The highest BCUT2D eigenvalue weighted by atomic mass is 35.5. The fourth-order valence-corrected chi connectivity index (χ4v) is 4.13. The molecule has 1 aliphatic rings. The molecule has 0 spiro atoms. The van der Waals surface area contributed by atoms with Gasteiger partial charge >= 0.3 is 0 Å². The van der Waals surface area contributed by atoms with Crippen molar-refractivity contribution in [3.63, 3.8) is 0 Å². The van der Waals surface area contributed by atoms with Gasteiger partial charge in [0, 0.05) is 55.7 Å². The number of hydrogen-bond donors (Lipinski definition) is 1. The lowest BCUT2D eigenvalue weighted by molar-refractivity contribution is -0.120. The molecule has 0 bridgehead atoms. The molecule has 0 atom stereocenters. The molecule has 1 aliphatic heterocycles. The zero-order valence-electron chi connectivity index (χ0n) is 13.2. The van der Waals surface area contributed by atoms with E-state index in [4.69, 9.17) is 23.2 Å². The summed E-state index contributed by atoms with van der Waals surface area (Å²) >= 11 is 11.3. The summed E-state index contributed by atoms with van der Waals surface area (Å²) in [5.41, 5.74) is 1.03. The highest BCUT2D eigenvalue weighted by Gasteiger charge is 2.26. The molecular weight excluding hydrogens is 373 g/mol. The smallest absolute Gasteiger partial charge is 0.221 e. The molecule has 1 heterocycles. The van der Waals surface area contributed by atoms with Gasteiger partial charge < -0.3 is 10.2 Å². The molecule has 1 N–H and O–H groups in total. The highest BCUT2D eigenvalue weighted by Crippen LogP contribution is 2.20. The van der Waals surface area contributed by atoms with Gasteiger partial charge in [-0.2, -0.15) is 4.31 Å². The van der Waals surface area contributed by atoms with Crippen LogP contribution in [0.1, 0.15) is 6.42 Å². The first-order chi connectivity index (χ1) is 11.4. The number of piperazine rings is 1. The van der Waals surface area contributed by atoms with Crippen molar-refractivity contribution in [1.82, 2.24) is 9.62 Å². The number of alkyl halides is 1. The van der Waals surface area contributed by atoms with E-state index in [9.17, 15) is 13.2 Å². The van der Waals surface area contributed by atoms with E-state index >= 15 is 0 Å². The van der Waals surface area contributed by atoms with Gasteiger partial charge in [-0.25, -0.2) is 8.42 Å². The van der Waals surface area contributed by atoms with Crippen molar-refractivity contribution < 1.29 is 13.2 Å². The number of amides is 1. The van der Waals surface area contributed by atoms with Gasteiger partial charge in [0.15, 0.2) is 0 Å². The van der Waals surface area contributed by atoms with Crippen LogP contribution in [0.5, 0.6) is 0 Å². The fourth-order valence-electron chi connectivity index (χ4n) is 2.50. The Morgan fingerprint density at radius 3 is 2.33 bits per heavy atom. The second-order valence-corrected chi connectivity index (χ2v) is 8.37. The minimum Gasteiger partial charge on any atom is -0.369 e. The topological polar surface area (TPSA) is 69.7 Å². The summed E-state index contributed by atoms with van der Waals surface area (Å²) in [7, 11) is -3.37. The van der Waals surface area contributed by atoms with Crippen molar-refractivity contribution in [2.75, 3.05) is 49.3 Å². The molecule has 1 amide bonds. The van der Waals surface area contributed by atoms with Crippen molar-refractivity contribution in [1.29, 1.82) is 0 Å². The van der Waals surface area contributed by atoms with E-state index in [-0.39, 0.29) is 30.5 Å². The largest absolute Gasteiger partial charge is 0.369 e. The van der Waals surface area contributed by atoms with Crippen LogP contribution < -0.4 is 10.2 Å². The number of carbonyl (C=O) groups excluding carboxylic acids is 1. The first kappa shape index (κ1) is 19.3. The molecular formula is C15H21Cl2N3O3S. The molecule has 24 heavy (non-hydrogen) atoms. The van der Waals surface area contributed by atoms with Gasteiger partial charge in [-0.15, -0.1) is 11.6 Å². The van der Waals surface area contributed by atoms with Crippen molar-refractivity contribution in [3.05, 3.63) is 29.3 Å². The van der Waals surface area contributed by atoms with Crippen LogP contribution in [-0.2, 0) is 14.8 Å². The summed E-state index contributed by atoms with van der Waals surface area (Å²) in [6, 6.07) is 7.50. The monoisotopic (exact) mass is 393 g/mol.